The van der Waals surface area contributed by atoms with Gasteiger partial charge >= 0.3 is 0 Å². The monoisotopic (exact) mass is 272 g/mol. The number of nitrogens with one attached hydrogen (secondary N) is 1. The van der Waals surface area contributed by atoms with Crippen molar-refractivity contribution < 1.29 is 13.5 Å². The molecule has 2 rings (SSSR count). The van der Waals surface area contributed by atoms with E-state index in [-0.39, 0.29) is 16.2 Å². The molecule has 1 saturated heterocycles. The molecule has 0 aromatic heterocycles. The Hall–Kier alpha value is -1.27. The molecule has 1 atom stereocenters. The zero-order valence-corrected chi connectivity index (χ0v) is 10.5. The van der Waals surface area contributed by atoms with E-state index in [0.29, 0.717) is 19.1 Å². The fourth-order valence-corrected chi connectivity index (χ4v) is 2.03. The maximum absolute atomic E-state index is 13.7. The SMILES string of the molecule is NC(=S)c1ccc(NCC2CCOC2)c(F)c1F. The number of hydrogen-bond donors (Lipinski definition) is 2. The molecule has 1 aromatic carbocycles. The van der Waals surface area contributed by atoms with Crippen LogP contribution in [0.4, 0.5) is 14.5 Å². The minimum absolute atomic E-state index is 0.0720. The highest BCUT2D eigenvalue weighted by molar-refractivity contribution is 7.80. The van der Waals surface area contributed by atoms with Crippen molar-refractivity contribution in [3.8, 4) is 0 Å². The van der Waals surface area contributed by atoms with Gasteiger partial charge in [0, 0.05) is 24.6 Å². The van der Waals surface area contributed by atoms with Crippen LogP contribution in [0.5, 0.6) is 0 Å². The lowest BCUT2D eigenvalue weighted by molar-refractivity contribution is 0.187. The van der Waals surface area contributed by atoms with E-state index in [0.717, 1.165) is 13.0 Å². The van der Waals surface area contributed by atoms with Gasteiger partial charge in [0.25, 0.3) is 0 Å². The normalized spacial score (nSPS) is 18.9. The van der Waals surface area contributed by atoms with Gasteiger partial charge in [-0.15, -0.1) is 0 Å². The molecule has 1 fully saturated rings. The highest BCUT2D eigenvalue weighted by Crippen LogP contribution is 2.22. The van der Waals surface area contributed by atoms with Gasteiger partial charge in [0.15, 0.2) is 11.6 Å². The molecule has 0 aliphatic carbocycles. The van der Waals surface area contributed by atoms with Gasteiger partial charge in [-0.05, 0) is 18.6 Å². The standard InChI is InChI=1S/C12H14F2N2OS/c13-10-8(12(15)18)1-2-9(11(10)14)16-5-7-3-4-17-6-7/h1-2,7,16H,3-6H2,(H2,15,18). The van der Waals surface area contributed by atoms with E-state index in [1.165, 1.54) is 12.1 Å². The Kier molecular flexibility index (Phi) is 4.08. The summed E-state index contributed by atoms with van der Waals surface area (Å²) in [5, 5.41) is 2.88. The van der Waals surface area contributed by atoms with Crippen LogP contribution in [0.25, 0.3) is 0 Å². The van der Waals surface area contributed by atoms with Gasteiger partial charge in [0.05, 0.1) is 12.3 Å². The molecule has 0 saturated carbocycles. The second kappa shape index (κ2) is 5.58. The summed E-state index contributed by atoms with van der Waals surface area (Å²) in [7, 11) is 0. The average molecular weight is 272 g/mol. The first-order chi connectivity index (χ1) is 8.59. The Morgan fingerprint density at radius 3 is 2.83 bits per heavy atom. The lowest BCUT2D eigenvalue weighted by Gasteiger charge is -2.12. The van der Waals surface area contributed by atoms with E-state index < -0.39 is 11.6 Å². The van der Waals surface area contributed by atoms with E-state index in [2.05, 4.69) is 17.5 Å². The molecule has 0 radical (unpaired) electrons. The third-order valence-corrected chi connectivity index (χ3v) is 3.17. The minimum Gasteiger partial charge on any atom is -0.389 e. The third-order valence-electron chi connectivity index (χ3n) is 2.95. The molecule has 3 nitrogen and oxygen atoms in total. The van der Waals surface area contributed by atoms with Crippen molar-refractivity contribution in [3.63, 3.8) is 0 Å². The van der Waals surface area contributed by atoms with Crippen LogP contribution in [0.3, 0.4) is 0 Å². The van der Waals surface area contributed by atoms with E-state index >= 15 is 0 Å². The number of nitrogens with two attached hydrogens (primary N) is 1. The first-order valence-electron chi connectivity index (χ1n) is 5.69. The van der Waals surface area contributed by atoms with Gasteiger partial charge in [0.1, 0.15) is 4.99 Å². The summed E-state index contributed by atoms with van der Waals surface area (Å²) in [6.45, 7) is 1.94. The first kappa shape index (κ1) is 13.2. The van der Waals surface area contributed by atoms with Crippen LogP contribution >= 0.6 is 12.2 Å². The van der Waals surface area contributed by atoms with Crippen LogP contribution in [0.15, 0.2) is 12.1 Å². The Labute approximate surface area is 109 Å². The van der Waals surface area contributed by atoms with Crippen molar-refractivity contribution in [2.75, 3.05) is 25.1 Å². The lowest BCUT2D eigenvalue weighted by atomic mass is 10.1. The largest absolute Gasteiger partial charge is 0.389 e. The van der Waals surface area contributed by atoms with Crippen molar-refractivity contribution in [1.29, 1.82) is 0 Å². The van der Waals surface area contributed by atoms with Crippen molar-refractivity contribution >= 4 is 22.9 Å². The molecule has 0 bridgehead atoms. The van der Waals surface area contributed by atoms with Gasteiger partial charge in [-0.25, -0.2) is 8.78 Å². The number of thiocarbonyl (C=S) groups is 1. The maximum Gasteiger partial charge on any atom is 0.182 e. The number of rotatable bonds is 4. The van der Waals surface area contributed by atoms with E-state index in [4.69, 9.17) is 10.5 Å². The fourth-order valence-electron chi connectivity index (χ4n) is 1.87. The topological polar surface area (TPSA) is 47.3 Å². The third kappa shape index (κ3) is 2.76. The average Bonchev–Trinajstić information content (AvgIpc) is 2.83. The van der Waals surface area contributed by atoms with Crippen LogP contribution in [0, 0.1) is 17.6 Å². The van der Waals surface area contributed by atoms with Crippen molar-refractivity contribution in [2.45, 2.75) is 6.42 Å². The number of halogens is 2. The summed E-state index contributed by atoms with van der Waals surface area (Å²) in [6.07, 6.45) is 0.933. The Morgan fingerprint density at radius 2 is 2.22 bits per heavy atom. The quantitative estimate of drug-likeness (QED) is 0.824. The Morgan fingerprint density at radius 1 is 1.44 bits per heavy atom. The summed E-state index contributed by atoms with van der Waals surface area (Å²) in [5.41, 5.74) is 5.35. The number of benzene rings is 1. The van der Waals surface area contributed by atoms with Crippen molar-refractivity contribution in [1.82, 2.24) is 0 Å². The number of anilines is 1. The van der Waals surface area contributed by atoms with Gasteiger partial charge < -0.3 is 15.8 Å². The van der Waals surface area contributed by atoms with E-state index in [1.54, 1.807) is 0 Å². The number of ether oxygens (including phenoxy) is 1. The highest BCUT2D eigenvalue weighted by atomic mass is 32.1. The molecule has 0 amide bonds. The summed E-state index contributed by atoms with van der Waals surface area (Å²) in [4.78, 5) is -0.151. The molecule has 98 valence electrons. The molecule has 1 aliphatic rings. The van der Waals surface area contributed by atoms with Gasteiger partial charge in [-0.3, -0.25) is 0 Å². The Bertz CT molecular complexity index is 462. The molecular formula is C12H14F2N2OS. The van der Waals surface area contributed by atoms with Crippen LogP contribution in [0.1, 0.15) is 12.0 Å². The number of hydrogen-bond acceptors (Lipinski definition) is 3. The van der Waals surface area contributed by atoms with Gasteiger partial charge in [0.2, 0.25) is 0 Å². The summed E-state index contributed by atoms with van der Waals surface area (Å²) in [5.74, 6) is -1.61. The molecule has 1 heterocycles. The predicted octanol–water partition coefficient (Wildman–Crippen LogP) is 2.05. The first-order valence-corrected chi connectivity index (χ1v) is 6.10. The van der Waals surface area contributed by atoms with Crippen LogP contribution < -0.4 is 11.1 Å². The van der Waals surface area contributed by atoms with Crippen molar-refractivity contribution in [3.05, 3.63) is 29.3 Å². The van der Waals surface area contributed by atoms with E-state index in [9.17, 15) is 8.78 Å². The maximum atomic E-state index is 13.7. The molecule has 1 unspecified atom stereocenters. The van der Waals surface area contributed by atoms with Gasteiger partial charge in [-0.2, -0.15) is 0 Å². The second-order valence-electron chi connectivity index (χ2n) is 4.26. The summed E-state index contributed by atoms with van der Waals surface area (Å²) < 4.78 is 32.5. The molecule has 1 aromatic rings. The zero-order chi connectivity index (χ0) is 13.1. The van der Waals surface area contributed by atoms with Crippen molar-refractivity contribution in [2.24, 2.45) is 11.7 Å². The predicted molar refractivity (Wildman–Crippen MR) is 69.7 cm³/mol. The minimum atomic E-state index is -1.00. The zero-order valence-electron chi connectivity index (χ0n) is 9.71. The molecule has 18 heavy (non-hydrogen) atoms. The molecule has 1 aliphatic heterocycles. The van der Waals surface area contributed by atoms with Crippen LogP contribution in [0.2, 0.25) is 0 Å². The molecule has 3 N–H and O–H groups in total. The molecule has 6 heteroatoms. The molecule has 0 spiro atoms. The smallest absolute Gasteiger partial charge is 0.182 e. The Balaban J connectivity index is 2.09. The van der Waals surface area contributed by atoms with Crippen LogP contribution in [-0.4, -0.2) is 24.7 Å². The van der Waals surface area contributed by atoms with Gasteiger partial charge in [-0.1, -0.05) is 12.2 Å². The second-order valence-corrected chi connectivity index (χ2v) is 4.70. The van der Waals surface area contributed by atoms with Crippen LogP contribution in [-0.2, 0) is 4.74 Å². The fraction of sp³-hybridized carbons (Fsp3) is 0.417. The highest BCUT2D eigenvalue weighted by Gasteiger charge is 2.18. The summed E-state index contributed by atoms with van der Waals surface area (Å²) in [6, 6.07) is 2.83. The molecular weight excluding hydrogens is 258 g/mol. The summed E-state index contributed by atoms with van der Waals surface area (Å²) >= 11 is 4.64. The lowest BCUT2D eigenvalue weighted by Crippen LogP contribution is -2.17. The van der Waals surface area contributed by atoms with E-state index in [1.807, 2.05) is 0 Å².